The van der Waals surface area contributed by atoms with Gasteiger partial charge in [0.1, 0.15) is 6.54 Å². The summed E-state index contributed by atoms with van der Waals surface area (Å²) in [5, 5.41) is 2.80. The number of rotatable bonds is 4. The van der Waals surface area contributed by atoms with Gasteiger partial charge in [0.05, 0.1) is 10.6 Å². The first-order valence-corrected chi connectivity index (χ1v) is 11.0. The van der Waals surface area contributed by atoms with Crippen molar-refractivity contribution in [3.63, 3.8) is 0 Å². The minimum Gasteiger partial charge on any atom is -0.325 e. The van der Waals surface area contributed by atoms with Crippen molar-refractivity contribution in [3.05, 3.63) is 77.9 Å². The summed E-state index contributed by atoms with van der Waals surface area (Å²) in [7, 11) is -3.84. The molecule has 0 aromatic heterocycles. The predicted molar refractivity (Wildman–Crippen MR) is 116 cm³/mol. The molecule has 4 rings (SSSR count). The summed E-state index contributed by atoms with van der Waals surface area (Å²) in [6.07, 6.45) is 0.843. The van der Waals surface area contributed by atoms with Gasteiger partial charge in [-0.1, -0.05) is 43.3 Å². The Balaban J connectivity index is 1.74. The maximum Gasteiger partial charge on any atom is 0.265 e. The number of carbonyl (C=O) groups excluding carboxylic acids is 1. The maximum absolute atomic E-state index is 13.3. The summed E-state index contributed by atoms with van der Waals surface area (Å²) in [5.41, 5.74) is 4.81. The van der Waals surface area contributed by atoms with E-state index >= 15 is 0 Å². The highest BCUT2D eigenvalue weighted by Crippen LogP contribution is 2.43. The van der Waals surface area contributed by atoms with Crippen molar-refractivity contribution in [2.45, 2.75) is 25.2 Å². The second kappa shape index (κ2) is 7.37. The van der Waals surface area contributed by atoms with Gasteiger partial charge in [0, 0.05) is 16.8 Å². The molecule has 1 amide bonds. The van der Waals surface area contributed by atoms with Crippen LogP contribution in [0.3, 0.4) is 0 Å². The SMILES string of the molecule is CCc1ccc2c(c1)-c1ccccc1S(=O)(=O)N2CC(=O)Nc1cccc(C)c1. The Morgan fingerprint density at radius 1 is 0.966 bits per heavy atom. The zero-order valence-electron chi connectivity index (χ0n) is 16.3. The summed E-state index contributed by atoms with van der Waals surface area (Å²) in [5.74, 6) is -0.385. The van der Waals surface area contributed by atoms with Gasteiger partial charge in [0.15, 0.2) is 0 Å². The van der Waals surface area contributed by atoms with Crippen molar-refractivity contribution in [3.8, 4) is 11.1 Å². The monoisotopic (exact) mass is 406 g/mol. The molecule has 0 bridgehead atoms. The van der Waals surface area contributed by atoms with Crippen molar-refractivity contribution < 1.29 is 13.2 Å². The molecule has 0 spiro atoms. The van der Waals surface area contributed by atoms with E-state index in [0.29, 0.717) is 16.9 Å². The molecule has 1 aliphatic heterocycles. The molecule has 1 aliphatic rings. The number of anilines is 2. The van der Waals surface area contributed by atoms with Gasteiger partial charge in [-0.3, -0.25) is 9.10 Å². The standard InChI is InChI=1S/C23H22N2O3S/c1-3-17-11-12-21-20(14-17)19-9-4-5-10-22(19)29(27,28)25(21)15-23(26)24-18-8-6-7-16(2)13-18/h4-14H,3,15H2,1-2H3,(H,24,26). The van der Waals surface area contributed by atoms with Gasteiger partial charge in [-0.2, -0.15) is 0 Å². The van der Waals surface area contributed by atoms with Crippen LogP contribution in [0.5, 0.6) is 0 Å². The molecule has 29 heavy (non-hydrogen) atoms. The fourth-order valence-electron chi connectivity index (χ4n) is 3.62. The number of amides is 1. The lowest BCUT2D eigenvalue weighted by molar-refractivity contribution is -0.114. The molecule has 0 unspecified atom stereocenters. The summed E-state index contributed by atoms with van der Waals surface area (Å²) in [4.78, 5) is 12.9. The van der Waals surface area contributed by atoms with Crippen LogP contribution in [0.4, 0.5) is 11.4 Å². The summed E-state index contributed by atoms with van der Waals surface area (Å²) in [6, 6.07) is 20.1. The molecule has 0 atom stereocenters. The fourth-order valence-corrected chi connectivity index (χ4v) is 5.27. The fraction of sp³-hybridized carbons (Fsp3) is 0.174. The molecule has 0 saturated heterocycles. The molecular weight excluding hydrogens is 384 g/mol. The van der Waals surface area contributed by atoms with Crippen molar-refractivity contribution >= 4 is 27.3 Å². The molecular formula is C23H22N2O3S. The first-order valence-electron chi connectivity index (χ1n) is 9.51. The molecule has 3 aromatic rings. The molecule has 6 heteroatoms. The first kappa shape index (κ1) is 19.2. The van der Waals surface area contributed by atoms with Gasteiger partial charge < -0.3 is 5.32 Å². The Bertz CT molecular complexity index is 1200. The van der Waals surface area contributed by atoms with Crippen LogP contribution in [-0.4, -0.2) is 20.9 Å². The van der Waals surface area contributed by atoms with Crippen LogP contribution in [0.1, 0.15) is 18.1 Å². The van der Waals surface area contributed by atoms with E-state index in [-0.39, 0.29) is 17.3 Å². The third kappa shape index (κ3) is 3.51. The summed E-state index contributed by atoms with van der Waals surface area (Å²) < 4.78 is 27.8. The van der Waals surface area contributed by atoms with Crippen LogP contribution in [0.2, 0.25) is 0 Å². The Kier molecular flexibility index (Phi) is 4.88. The third-order valence-corrected chi connectivity index (χ3v) is 6.89. The van der Waals surface area contributed by atoms with E-state index in [2.05, 4.69) is 12.2 Å². The number of aryl methyl sites for hydroxylation is 2. The largest absolute Gasteiger partial charge is 0.325 e. The predicted octanol–water partition coefficient (Wildman–Crippen LogP) is 4.37. The molecule has 1 N–H and O–H groups in total. The molecule has 0 fully saturated rings. The van der Waals surface area contributed by atoms with Gasteiger partial charge in [-0.05, 0) is 54.8 Å². The summed E-state index contributed by atoms with van der Waals surface area (Å²) in [6.45, 7) is 3.70. The number of hydrogen-bond acceptors (Lipinski definition) is 3. The highest BCUT2D eigenvalue weighted by atomic mass is 32.2. The number of nitrogens with zero attached hydrogens (tertiary/aromatic N) is 1. The minimum atomic E-state index is -3.84. The van der Waals surface area contributed by atoms with Crippen LogP contribution in [0.15, 0.2) is 71.6 Å². The van der Waals surface area contributed by atoms with Gasteiger partial charge >= 0.3 is 0 Å². The van der Waals surface area contributed by atoms with Crippen molar-refractivity contribution in [1.82, 2.24) is 0 Å². The lowest BCUT2D eigenvalue weighted by Crippen LogP contribution is -2.40. The number of nitrogens with one attached hydrogen (secondary N) is 1. The van der Waals surface area contributed by atoms with E-state index in [1.165, 1.54) is 4.31 Å². The highest BCUT2D eigenvalue weighted by molar-refractivity contribution is 7.93. The zero-order chi connectivity index (χ0) is 20.6. The Morgan fingerprint density at radius 3 is 2.52 bits per heavy atom. The van der Waals surface area contributed by atoms with E-state index in [1.807, 2.05) is 49.4 Å². The van der Waals surface area contributed by atoms with E-state index < -0.39 is 10.0 Å². The number of benzene rings is 3. The topological polar surface area (TPSA) is 66.5 Å². The van der Waals surface area contributed by atoms with E-state index in [1.54, 1.807) is 24.3 Å². The van der Waals surface area contributed by atoms with Crippen LogP contribution in [-0.2, 0) is 21.2 Å². The normalized spacial score (nSPS) is 14.1. The highest BCUT2D eigenvalue weighted by Gasteiger charge is 2.35. The lowest BCUT2D eigenvalue weighted by Gasteiger charge is -2.32. The average molecular weight is 407 g/mol. The van der Waals surface area contributed by atoms with Crippen LogP contribution in [0, 0.1) is 6.92 Å². The van der Waals surface area contributed by atoms with Gasteiger partial charge in [0.25, 0.3) is 10.0 Å². The Hall–Kier alpha value is -3.12. The minimum absolute atomic E-state index is 0.226. The summed E-state index contributed by atoms with van der Waals surface area (Å²) >= 11 is 0. The van der Waals surface area contributed by atoms with Gasteiger partial charge in [0.2, 0.25) is 5.91 Å². The molecule has 0 radical (unpaired) electrons. The molecule has 3 aromatic carbocycles. The third-order valence-electron chi connectivity index (χ3n) is 5.07. The van der Waals surface area contributed by atoms with Gasteiger partial charge in [-0.15, -0.1) is 0 Å². The lowest BCUT2D eigenvalue weighted by atomic mass is 9.99. The van der Waals surface area contributed by atoms with Crippen LogP contribution < -0.4 is 9.62 Å². The van der Waals surface area contributed by atoms with E-state index in [9.17, 15) is 13.2 Å². The molecule has 148 valence electrons. The van der Waals surface area contributed by atoms with E-state index in [4.69, 9.17) is 0 Å². The van der Waals surface area contributed by atoms with Crippen LogP contribution in [0.25, 0.3) is 11.1 Å². The number of fused-ring (bicyclic) bond motifs is 3. The van der Waals surface area contributed by atoms with Gasteiger partial charge in [-0.25, -0.2) is 8.42 Å². The number of sulfonamides is 1. The smallest absolute Gasteiger partial charge is 0.265 e. The quantitative estimate of drug-likeness (QED) is 0.700. The van der Waals surface area contributed by atoms with Crippen molar-refractivity contribution in [2.24, 2.45) is 0 Å². The zero-order valence-corrected chi connectivity index (χ0v) is 17.2. The second-order valence-electron chi connectivity index (χ2n) is 7.13. The first-order chi connectivity index (χ1) is 13.9. The van der Waals surface area contributed by atoms with Crippen molar-refractivity contribution in [1.29, 1.82) is 0 Å². The molecule has 5 nitrogen and oxygen atoms in total. The molecule has 0 saturated carbocycles. The molecule has 1 heterocycles. The average Bonchev–Trinajstić information content (AvgIpc) is 2.71. The second-order valence-corrected chi connectivity index (χ2v) is 8.96. The Labute approximate surface area is 171 Å². The van der Waals surface area contributed by atoms with Crippen LogP contribution >= 0.6 is 0 Å². The molecule has 0 aliphatic carbocycles. The maximum atomic E-state index is 13.3. The number of hydrogen-bond donors (Lipinski definition) is 1. The van der Waals surface area contributed by atoms with E-state index in [0.717, 1.165) is 23.1 Å². The van der Waals surface area contributed by atoms with Crippen molar-refractivity contribution in [2.75, 3.05) is 16.2 Å². The Morgan fingerprint density at radius 2 is 1.76 bits per heavy atom. The number of carbonyl (C=O) groups is 1.